The summed E-state index contributed by atoms with van der Waals surface area (Å²) in [5, 5.41) is 0. The van der Waals surface area contributed by atoms with Gasteiger partial charge in [-0.2, -0.15) is 0 Å². The molecule has 2 atom stereocenters. The molecule has 0 aromatic rings. The van der Waals surface area contributed by atoms with Gasteiger partial charge in [-0.05, 0) is 43.8 Å². The molecule has 0 fully saturated rings. The Morgan fingerprint density at radius 1 is 1.42 bits per heavy atom. The number of allylic oxidation sites excluding steroid dienone is 2. The maximum atomic E-state index is 9.95. The van der Waals surface area contributed by atoms with Gasteiger partial charge in [-0.1, -0.05) is 19.1 Å². The van der Waals surface area contributed by atoms with Crippen LogP contribution in [0.3, 0.4) is 0 Å². The van der Waals surface area contributed by atoms with Gasteiger partial charge < -0.3 is 4.80 Å². The van der Waals surface area contributed by atoms with E-state index >= 15 is 0 Å². The lowest BCUT2D eigenvalue weighted by atomic mass is 9.92. The van der Waals surface area contributed by atoms with Crippen LogP contribution in [-0.2, 0) is 0 Å². The van der Waals surface area contributed by atoms with Crippen molar-refractivity contribution in [3.8, 4) is 0 Å². The molecule has 1 rings (SSSR count). The molecule has 1 nitrogen and oxygen atoms in total. The van der Waals surface area contributed by atoms with E-state index in [1.54, 1.807) is 0 Å². The maximum absolute atomic E-state index is 9.95. The Morgan fingerprint density at radius 2 is 2.08 bits per heavy atom. The SMILES string of the molecule is CC(C1CC=CCC1)[Si](C)(C)O. The van der Waals surface area contributed by atoms with Crippen molar-refractivity contribution >= 4 is 8.32 Å². The molecule has 0 spiro atoms. The predicted octanol–water partition coefficient (Wildman–Crippen LogP) is 2.93. The van der Waals surface area contributed by atoms with Gasteiger partial charge in [0.25, 0.3) is 0 Å². The molecule has 1 N–H and O–H groups in total. The van der Waals surface area contributed by atoms with E-state index in [9.17, 15) is 4.80 Å². The van der Waals surface area contributed by atoms with Gasteiger partial charge in [-0.25, -0.2) is 0 Å². The number of hydrogen-bond acceptors (Lipinski definition) is 1. The highest BCUT2D eigenvalue weighted by Crippen LogP contribution is 2.35. The topological polar surface area (TPSA) is 20.2 Å². The van der Waals surface area contributed by atoms with Crippen LogP contribution in [0.5, 0.6) is 0 Å². The first kappa shape index (κ1) is 10.0. The fourth-order valence-electron chi connectivity index (χ4n) is 1.85. The van der Waals surface area contributed by atoms with Gasteiger partial charge in [0.1, 0.15) is 0 Å². The van der Waals surface area contributed by atoms with Gasteiger partial charge >= 0.3 is 0 Å². The molecule has 0 amide bonds. The first-order valence-electron chi connectivity index (χ1n) is 4.89. The minimum Gasteiger partial charge on any atom is -0.432 e. The van der Waals surface area contributed by atoms with Crippen molar-refractivity contribution in [1.82, 2.24) is 0 Å². The molecule has 12 heavy (non-hydrogen) atoms. The van der Waals surface area contributed by atoms with E-state index in [1.165, 1.54) is 19.3 Å². The standard InChI is InChI=1S/C10H20OSi/c1-9(12(2,3)11)10-7-5-4-6-8-10/h4-5,9-11H,6-8H2,1-3H3. The third-order valence-corrected chi connectivity index (χ3v) is 5.83. The highest BCUT2D eigenvalue weighted by Gasteiger charge is 2.32. The molecule has 0 aromatic carbocycles. The summed E-state index contributed by atoms with van der Waals surface area (Å²) in [6.45, 7) is 6.32. The minimum atomic E-state index is -1.88. The molecule has 0 heterocycles. The van der Waals surface area contributed by atoms with Crippen molar-refractivity contribution in [3.63, 3.8) is 0 Å². The van der Waals surface area contributed by atoms with Crippen LogP contribution in [0, 0.1) is 5.92 Å². The van der Waals surface area contributed by atoms with Gasteiger partial charge in [0.05, 0.1) is 0 Å². The van der Waals surface area contributed by atoms with E-state index in [2.05, 4.69) is 32.2 Å². The van der Waals surface area contributed by atoms with Crippen molar-refractivity contribution in [2.75, 3.05) is 0 Å². The Bertz CT molecular complexity index is 169. The van der Waals surface area contributed by atoms with Crippen LogP contribution in [0.25, 0.3) is 0 Å². The zero-order chi connectivity index (χ0) is 9.19. The van der Waals surface area contributed by atoms with Crippen LogP contribution in [0.15, 0.2) is 12.2 Å². The Labute approximate surface area is 76.6 Å². The normalized spacial score (nSPS) is 27.2. The second-order valence-corrected chi connectivity index (χ2v) is 8.70. The van der Waals surface area contributed by atoms with Crippen LogP contribution in [0.1, 0.15) is 26.2 Å². The molecule has 1 aliphatic carbocycles. The first-order valence-corrected chi connectivity index (χ1v) is 7.91. The third-order valence-electron chi connectivity index (χ3n) is 3.13. The summed E-state index contributed by atoms with van der Waals surface area (Å²) in [5.41, 5.74) is 0.544. The Kier molecular flexibility index (Phi) is 3.13. The van der Waals surface area contributed by atoms with E-state index in [0.717, 1.165) is 5.92 Å². The van der Waals surface area contributed by atoms with E-state index < -0.39 is 8.32 Å². The number of rotatable bonds is 2. The summed E-state index contributed by atoms with van der Waals surface area (Å²) in [6, 6.07) is 0. The quantitative estimate of drug-likeness (QED) is 0.517. The van der Waals surface area contributed by atoms with Crippen LogP contribution in [-0.4, -0.2) is 13.1 Å². The van der Waals surface area contributed by atoms with E-state index in [0.29, 0.717) is 5.54 Å². The van der Waals surface area contributed by atoms with Gasteiger partial charge in [-0.3, -0.25) is 0 Å². The van der Waals surface area contributed by atoms with Crippen molar-refractivity contribution in [1.29, 1.82) is 0 Å². The lowest BCUT2D eigenvalue weighted by molar-refractivity contribution is 0.412. The molecule has 0 saturated carbocycles. The fraction of sp³-hybridized carbons (Fsp3) is 0.800. The molecule has 1 aliphatic rings. The molecule has 2 unspecified atom stereocenters. The second kappa shape index (κ2) is 3.75. The summed E-state index contributed by atoms with van der Waals surface area (Å²) in [7, 11) is -1.88. The molecule has 70 valence electrons. The predicted molar refractivity (Wildman–Crippen MR) is 55.6 cm³/mol. The van der Waals surface area contributed by atoms with Gasteiger partial charge in [-0.15, -0.1) is 0 Å². The number of hydrogen-bond donors (Lipinski definition) is 1. The van der Waals surface area contributed by atoms with E-state index in [-0.39, 0.29) is 0 Å². The molecule has 0 radical (unpaired) electrons. The average Bonchev–Trinajstić information content (AvgIpc) is 2.03. The Morgan fingerprint density at radius 3 is 2.50 bits per heavy atom. The summed E-state index contributed by atoms with van der Waals surface area (Å²) in [6.07, 6.45) is 8.19. The van der Waals surface area contributed by atoms with Gasteiger partial charge in [0, 0.05) is 0 Å². The molecule has 0 aliphatic heterocycles. The smallest absolute Gasteiger partial charge is 0.185 e. The second-order valence-electron chi connectivity index (χ2n) is 4.49. The van der Waals surface area contributed by atoms with Crippen LogP contribution in [0.2, 0.25) is 18.6 Å². The zero-order valence-electron chi connectivity index (χ0n) is 8.38. The van der Waals surface area contributed by atoms with Crippen LogP contribution >= 0.6 is 0 Å². The molecule has 0 aromatic heterocycles. The summed E-state index contributed by atoms with van der Waals surface area (Å²) in [4.78, 5) is 9.95. The molecule has 2 heteroatoms. The largest absolute Gasteiger partial charge is 0.432 e. The van der Waals surface area contributed by atoms with Crippen molar-refractivity contribution in [2.45, 2.75) is 44.8 Å². The van der Waals surface area contributed by atoms with Gasteiger partial charge in [0.15, 0.2) is 8.32 Å². The highest BCUT2D eigenvalue weighted by molar-refractivity contribution is 6.71. The lowest BCUT2D eigenvalue weighted by Crippen LogP contribution is -2.35. The first-order chi connectivity index (χ1) is 5.52. The minimum absolute atomic E-state index is 0.544. The monoisotopic (exact) mass is 184 g/mol. The van der Waals surface area contributed by atoms with E-state index in [4.69, 9.17) is 0 Å². The Balaban J connectivity index is 2.52. The van der Waals surface area contributed by atoms with Crippen molar-refractivity contribution < 1.29 is 4.80 Å². The highest BCUT2D eigenvalue weighted by atomic mass is 28.4. The lowest BCUT2D eigenvalue weighted by Gasteiger charge is -2.32. The summed E-state index contributed by atoms with van der Waals surface area (Å²) >= 11 is 0. The molecule has 0 saturated heterocycles. The third kappa shape index (κ3) is 2.46. The fourth-order valence-corrected chi connectivity index (χ4v) is 3.30. The van der Waals surface area contributed by atoms with E-state index in [1.807, 2.05) is 0 Å². The van der Waals surface area contributed by atoms with Crippen molar-refractivity contribution in [3.05, 3.63) is 12.2 Å². The molecular formula is C10H20OSi. The summed E-state index contributed by atoms with van der Waals surface area (Å²) < 4.78 is 0. The molecular weight excluding hydrogens is 164 g/mol. The Hall–Kier alpha value is -0.0831. The van der Waals surface area contributed by atoms with Crippen LogP contribution in [0.4, 0.5) is 0 Å². The summed E-state index contributed by atoms with van der Waals surface area (Å²) in [5.74, 6) is 0.738. The zero-order valence-corrected chi connectivity index (χ0v) is 9.38. The van der Waals surface area contributed by atoms with Gasteiger partial charge in [0.2, 0.25) is 0 Å². The average molecular weight is 184 g/mol. The van der Waals surface area contributed by atoms with Crippen molar-refractivity contribution in [2.24, 2.45) is 5.92 Å². The molecule has 0 bridgehead atoms. The maximum Gasteiger partial charge on any atom is 0.185 e. The van der Waals surface area contributed by atoms with Crippen LogP contribution < -0.4 is 0 Å².